The molecule has 0 heterocycles. The highest BCUT2D eigenvalue weighted by molar-refractivity contribution is 7.98. The standard InChI is InChI=1S/C11H27N3O2S2/c1-10(2)12-7-6-8-14(4)18(15,16)13-11(3)9-17-5/h10-13H,6-9H2,1-5H3. The molecule has 0 aromatic rings. The highest BCUT2D eigenvalue weighted by Gasteiger charge is 2.19. The predicted octanol–water partition coefficient (Wildman–Crippen LogP) is 0.892. The quantitative estimate of drug-likeness (QED) is 0.588. The highest BCUT2D eigenvalue weighted by atomic mass is 32.2. The molecule has 0 amide bonds. The van der Waals surface area contributed by atoms with Crippen LogP contribution in [0, 0.1) is 0 Å². The Morgan fingerprint density at radius 3 is 2.39 bits per heavy atom. The van der Waals surface area contributed by atoms with Crippen LogP contribution in [-0.2, 0) is 10.2 Å². The number of hydrogen-bond acceptors (Lipinski definition) is 4. The monoisotopic (exact) mass is 297 g/mol. The van der Waals surface area contributed by atoms with E-state index in [-0.39, 0.29) is 6.04 Å². The average Bonchev–Trinajstić information content (AvgIpc) is 2.23. The van der Waals surface area contributed by atoms with Gasteiger partial charge in [0.2, 0.25) is 0 Å². The van der Waals surface area contributed by atoms with Crippen molar-refractivity contribution in [3.05, 3.63) is 0 Å². The lowest BCUT2D eigenvalue weighted by molar-refractivity contribution is 0.435. The smallest absolute Gasteiger partial charge is 0.279 e. The minimum atomic E-state index is -3.34. The van der Waals surface area contributed by atoms with Gasteiger partial charge in [-0.25, -0.2) is 0 Å². The van der Waals surface area contributed by atoms with Gasteiger partial charge in [0.15, 0.2) is 0 Å². The summed E-state index contributed by atoms with van der Waals surface area (Å²) >= 11 is 1.63. The summed E-state index contributed by atoms with van der Waals surface area (Å²) in [6, 6.07) is 0.396. The van der Waals surface area contributed by atoms with Gasteiger partial charge in [-0.3, -0.25) is 0 Å². The molecule has 1 atom stereocenters. The van der Waals surface area contributed by atoms with Crippen molar-refractivity contribution in [3.63, 3.8) is 0 Å². The maximum atomic E-state index is 11.9. The van der Waals surface area contributed by atoms with Crippen molar-refractivity contribution in [2.75, 3.05) is 32.1 Å². The third-order valence-electron chi connectivity index (χ3n) is 2.38. The van der Waals surface area contributed by atoms with Crippen LogP contribution in [0.3, 0.4) is 0 Å². The molecule has 0 fully saturated rings. The second kappa shape index (κ2) is 9.14. The molecule has 0 rings (SSSR count). The first-order chi connectivity index (χ1) is 8.29. The molecule has 0 aliphatic rings. The summed E-state index contributed by atoms with van der Waals surface area (Å²) in [5.74, 6) is 0.780. The number of thioether (sulfide) groups is 1. The molecule has 0 bridgehead atoms. The Balaban J connectivity index is 4.02. The van der Waals surface area contributed by atoms with Crippen molar-refractivity contribution in [2.24, 2.45) is 0 Å². The van der Waals surface area contributed by atoms with Gasteiger partial charge in [0, 0.05) is 31.4 Å². The molecule has 0 aliphatic heterocycles. The molecule has 5 nitrogen and oxygen atoms in total. The molecule has 0 aliphatic carbocycles. The molecular formula is C11H27N3O2S2. The molecule has 0 aromatic heterocycles. The van der Waals surface area contributed by atoms with E-state index in [9.17, 15) is 8.42 Å². The van der Waals surface area contributed by atoms with Crippen LogP contribution in [0.15, 0.2) is 0 Å². The Hall–Kier alpha value is 0.180. The number of hydrogen-bond donors (Lipinski definition) is 2. The van der Waals surface area contributed by atoms with E-state index in [4.69, 9.17) is 0 Å². The Kier molecular flexibility index (Phi) is 9.23. The summed E-state index contributed by atoms with van der Waals surface area (Å²) in [6.45, 7) is 7.39. The summed E-state index contributed by atoms with van der Waals surface area (Å²) < 4.78 is 27.9. The molecule has 2 N–H and O–H groups in total. The van der Waals surface area contributed by atoms with Gasteiger partial charge >= 0.3 is 0 Å². The summed E-state index contributed by atoms with van der Waals surface area (Å²) in [6.07, 6.45) is 2.78. The van der Waals surface area contributed by atoms with Gasteiger partial charge in [-0.1, -0.05) is 13.8 Å². The minimum Gasteiger partial charge on any atom is -0.314 e. The Labute approximate surface area is 116 Å². The number of rotatable bonds is 10. The first-order valence-corrected chi connectivity index (χ1v) is 9.09. The molecular weight excluding hydrogens is 270 g/mol. The van der Waals surface area contributed by atoms with E-state index < -0.39 is 10.2 Å². The van der Waals surface area contributed by atoms with Crippen LogP contribution >= 0.6 is 11.8 Å². The van der Waals surface area contributed by atoms with Gasteiger partial charge in [0.1, 0.15) is 0 Å². The van der Waals surface area contributed by atoms with Crippen LogP contribution in [-0.4, -0.2) is 57.0 Å². The Morgan fingerprint density at radius 1 is 1.28 bits per heavy atom. The first-order valence-electron chi connectivity index (χ1n) is 6.25. The second-order valence-electron chi connectivity index (χ2n) is 4.76. The third kappa shape index (κ3) is 8.31. The molecule has 0 radical (unpaired) electrons. The zero-order valence-electron chi connectivity index (χ0n) is 12.1. The number of nitrogens with one attached hydrogen (secondary N) is 2. The fourth-order valence-corrected chi connectivity index (χ4v) is 3.27. The van der Waals surface area contributed by atoms with Crippen molar-refractivity contribution in [2.45, 2.75) is 39.3 Å². The fourth-order valence-electron chi connectivity index (χ4n) is 1.44. The second-order valence-corrected chi connectivity index (χ2v) is 7.48. The van der Waals surface area contributed by atoms with Gasteiger partial charge in [0.25, 0.3) is 10.2 Å². The lowest BCUT2D eigenvalue weighted by atomic mass is 10.3. The van der Waals surface area contributed by atoms with Crippen LogP contribution in [0.25, 0.3) is 0 Å². The van der Waals surface area contributed by atoms with Crippen LogP contribution in [0.5, 0.6) is 0 Å². The summed E-state index contributed by atoms with van der Waals surface area (Å²) in [5.41, 5.74) is 0. The van der Waals surface area contributed by atoms with Gasteiger partial charge in [0.05, 0.1) is 0 Å². The maximum absolute atomic E-state index is 11.9. The fraction of sp³-hybridized carbons (Fsp3) is 1.00. The molecule has 18 heavy (non-hydrogen) atoms. The third-order valence-corrected chi connectivity index (χ3v) is 4.92. The van der Waals surface area contributed by atoms with Gasteiger partial charge in [-0.15, -0.1) is 0 Å². The number of nitrogens with zero attached hydrogens (tertiary/aromatic N) is 1. The van der Waals surface area contributed by atoms with Crippen molar-refractivity contribution in [3.8, 4) is 0 Å². The zero-order chi connectivity index (χ0) is 14.2. The molecule has 0 spiro atoms. The lowest BCUT2D eigenvalue weighted by Gasteiger charge is -2.21. The average molecular weight is 297 g/mol. The van der Waals surface area contributed by atoms with Gasteiger partial charge < -0.3 is 5.32 Å². The summed E-state index contributed by atoms with van der Waals surface area (Å²) in [5, 5.41) is 3.27. The Bertz CT molecular complexity index is 307. The lowest BCUT2D eigenvalue weighted by Crippen LogP contribution is -2.44. The minimum absolute atomic E-state index is 0.0405. The largest absolute Gasteiger partial charge is 0.314 e. The van der Waals surface area contributed by atoms with E-state index in [0.29, 0.717) is 12.6 Å². The SMILES string of the molecule is CSCC(C)NS(=O)(=O)N(C)CCCNC(C)C. The van der Waals surface area contributed by atoms with E-state index in [1.165, 1.54) is 4.31 Å². The molecule has 7 heteroatoms. The molecule has 0 saturated heterocycles. The van der Waals surface area contributed by atoms with Crippen LogP contribution in [0.4, 0.5) is 0 Å². The summed E-state index contributed by atoms with van der Waals surface area (Å²) in [4.78, 5) is 0. The maximum Gasteiger partial charge on any atom is 0.279 e. The van der Waals surface area contributed by atoms with Crippen molar-refractivity contribution >= 4 is 22.0 Å². The van der Waals surface area contributed by atoms with E-state index in [0.717, 1.165) is 18.7 Å². The molecule has 110 valence electrons. The predicted molar refractivity (Wildman–Crippen MR) is 80.3 cm³/mol. The van der Waals surface area contributed by atoms with E-state index in [1.54, 1.807) is 18.8 Å². The molecule has 1 unspecified atom stereocenters. The van der Waals surface area contributed by atoms with Crippen molar-refractivity contribution in [1.29, 1.82) is 0 Å². The van der Waals surface area contributed by atoms with Crippen molar-refractivity contribution in [1.82, 2.24) is 14.3 Å². The summed E-state index contributed by atoms with van der Waals surface area (Å²) in [7, 11) is -1.73. The van der Waals surface area contributed by atoms with Crippen LogP contribution in [0.2, 0.25) is 0 Å². The Morgan fingerprint density at radius 2 is 1.89 bits per heavy atom. The van der Waals surface area contributed by atoms with E-state index in [2.05, 4.69) is 23.9 Å². The first kappa shape index (κ1) is 18.2. The van der Waals surface area contributed by atoms with Crippen molar-refractivity contribution < 1.29 is 8.42 Å². The molecule has 0 aromatic carbocycles. The van der Waals surface area contributed by atoms with Gasteiger partial charge in [-0.2, -0.15) is 29.2 Å². The van der Waals surface area contributed by atoms with Gasteiger partial charge in [-0.05, 0) is 26.1 Å². The van der Waals surface area contributed by atoms with E-state index in [1.807, 2.05) is 13.2 Å². The van der Waals surface area contributed by atoms with Crippen LogP contribution < -0.4 is 10.0 Å². The topological polar surface area (TPSA) is 61.4 Å². The highest BCUT2D eigenvalue weighted by Crippen LogP contribution is 2.01. The van der Waals surface area contributed by atoms with E-state index >= 15 is 0 Å². The molecule has 0 saturated carbocycles. The normalized spacial score (nSPS) is 14.4. The zero-order valence-corrected chi connectivity index (χ0v) is 13.7. The van der Waals surface area contributed by atoms with Crippen LogP contribution in [0.1, 0.15) is 27.2 Å².